The fourth-order valence-electron chi connectivity index (χ4n) is 4.60. The smallest absolute Gasteiger partial charge is 0.271 e. The van der Waals surface area contributed by atoms with Gasteiger partial charge in [0.2, 0.25) is 0 Å². The molecule has 144 valence electrons. The number of rotatable bonds is 3. The largest absolute Gasteiger partial charge is 0.378 e. The van der Waals surface area contributed by atoms with Crippen LogP contribution in [0, 0.1) is 0 Å². The number of hydrogen-bond donors (Lipinski definition) is 1. The van der Waals surface area contributed by atoms with Gasteiger partial charge in [0.25, 0.3) is 5.91 Å². The second-order valence-corrected chi connectivity index (χ2v) is 8.61. The van der Waals surface area contributed by atoms with Crippen LogP contribution < -0.4 is 10.2 Å². The zero-order valence-electron chi connectivity index (χ0n) is 15.5. The van der Waals surface area contributed by atoms with E-state index in [0.717, 1.165) is 42.9 Å². The first-order valence-corrected chi connectivity index (χ1v) is 10.8. The maximum absolute atomic E-state index is 12.9. The van der Waals surface area contributed by atoms with E-state index in [1.807, 2.05) is 0 Å². The lowest BCUT2D eigenvalue weighted by Crippen LogP contribution is -2.66. The van der Waals surface area contributed by atoms with Gasteiger partial charge >= 0.3 is 0 Å². The number of aromatic nitrogens is 1. The molecule has 0 aliphatic carbocycles. The molecule has 4 heterocycles. The number of hydrogen-bond acceptors (Lipinski definition) is 6. The van der Waals surface area contributed by atoms with Crippen molar-refractivity contribution in [3.05, 3.63) is 23.9 Å². The highest BCUT2D eigenvalue weighted by atomic mass is 32.1. The summed E-state index contributed by atoms with van der Waals surface area (Å²) in [6.45, 7) is 5.54. The Hall–Kier alpha value is -1.70. The van der Waals surface area contributed by atoms with E-state index in [2.05, 4.69) is 37.7 Å². The molecule has 0 radical (unpaired) electrons. The Morgan fingerprint density at radius 3 is 2.96 bits per heavy atom. The Bertz CT molecular complexity index is 832. The van der Waals surface area contributed by atoms with Crippen LogP contribution in [0.25, 0.3) is 10.1 Å². The summed E-state index contributed by atoms with van der Waals surface area (Å²) in [6, 6.07) is 7.12. The molecule has 6 nitrogen and oxygen atoms in total. The highest BCUT2D eigenvalue weighted by molar-refractivity contribution is 7.13. The van der Waals surface area contributed by atoms with E-state index in [0.29, 0.717) is 11.7 Å². The summed E-state index contributed by atoms with van der Waals surface area (Å²) < 4.78 is 11.0. The molecule has 3 aliphatic heterocycles. The highest BCUT2D eigenvalue weighted by Gasteiger charge is 2.40. The minimum absolute atomic E-state index is 0.0192. The summed E-state index contributed by atoms with van der Waals surface area (Å²) in [5, 5.41) is 4.22. The lowest BCUT2D eigenvalue weighted by atomic mass is 9.93. The molecular weight excluding hydrogens is 360 g/mol. The van der Waals surface area contributed by atoms with Crippen LogP contribution in [0.2, 0.25) is 0 Å². The van der Waals surface area contributed by atoms with Gasteiger partial charge in [-0.1, -0.05) is 12.8 Å². The number of anilines is 1. The molecule has 2 atom stereocenters. The van der Waals surface area contributed by atoms with Gasteiger partial charge in [-0.05, 0) is 49.1 Å². The molecule has 27 heavy (non-hydrogen) atoms. The minimum Gasteiger partial charge on any atom is -0.378 e. The summed E-state index contributed by atoms with van der Waals surface area (Å²) in [5.74, 6) is -0.0192. The normalized spacial score (nSPS) is 26.3. The first-order valence-electron chi connectivity index (χ1n) is 10.1. The average Bonchev–Trinajstić information content (AvgIpc) is 3.03. The summed E-state index contributed by atoms with van der Waals surface area (Å²) in [4.78, 5) is 17.7. The van der Waals surface area contributed by atoms with Gasteiger partial charge in [0, 0.05) is 36.7 Å². The topological polar surface area (TPSA) is 57.7 Å². The van der Waals surface area contributed by atoms with E-state index in [4.69, 9.17) is 4.74 Å². The van der Waals surface area contributed by atoms with Crippen molar-refractivity contribution in [2.75, 3.05) is 44.3 Å². The van der Waals surface area contributed by atoms with Crippen molar-refractivity contribution in [2.45, 2.75) is 37.8 Å². The van der Waals surface area contributed by atoms with E-state index < -0.39 is 0 Å². The van der Waals surface area contributed by atoms with Gasteiger partial charge in [0.15, 0.2) is 0 Å². The highest BCUT2D eigenvalue weighted by Crippen LogP contribution is 2.30. The number of fused-ring (bicyclic) bond motifs is 2. The molecule has 1 N–H and O–H groups in total. The number of nitrogens with zero attached hydrogens (tertiary/aromatic N) is 3. The van der Waals surface area contributed by atoms with Gasteiger partial charge < -0.3 is 15.0 Å². The third kappa shape index (κ3) is 3.32. The SMILES string of the molecule is O=C(N[C@@H]1CN2CCCCCC12)c1nsc2cc(N3CCOCC3)ccc12. The number of ether oxygens (including phenoxy) is 1. The van der Waals surface area contributed by atoms with E-state index in [1.165, 1.54) is 49.4 Å². The molecule has 5 rings (SSSR count). The lowest BCUT2D eigenvalue weighted by Gasteiger charge is -2.47. The molecule has 2 aromatic rings. The molecule has 0 spiro atoms. The predicted molar refractivity (Wildman–Crippen MR) is 108 cm³/mol. The number of carbonyl (C=O) groups is 1. The molecule has 3 saturated heterocycles. The Balaban J connectivity index is 1.30. The Morgan fingerprint density at radius 1 is 1.19 bits per heavy atom. The van der Waals surface area contributed by atoms with Crippen LogP contribution in [0.3, 0.4) is 0 Å². The molecule has 0 bridgehead atoms. The third-order valence-corrected chi connectivity index (χ3v) is 6.98. The van der Waals surface area contributed by atoms with Crippen LogP contribution in [0.15, 0.2) is 18.2 Å². The number of nitrogens with one attached hydrogen (secondary N) is 1. The molecule has 3 fully saturated rings. The van der Waals surface area contributed by atoms with E-state index in [1.54, 1.807) is 0 Å². The van der Waals surface area contributed by atoms with Crippen molar-refractivity contribution < 1.29 is 9.53 Å². The van der Waals surface area contributed by atoms with E-state index in [-0.39, 0.29) is 11.9 Å². The van der Waals surface area contributed by atoms with Crippen molar-refractivity contribution >= 4 is 33.2 Å². The molecule has 0 saturated carbocycles. The zero-order valence-corrected chi connectivity index (χ0v) is 16.3. The standard InChI is InChI=1S/C20H26N4O2S/c25-20(21-16-13-24-7-3-1-2-4-17(16)24)19-15-6-5-14(12-18(15)27-22-19)23-8-10-26-11-9-23/h5-6,12,16-17H,1-4,7-11,13H2,(H,21,25)/t16-,17?/m1/s1. The van der Waals surface area contributed by atoms with Gasteiger partial charge in [-0.15, -0.1) is 0 Å². The van der Waals surface area contributed by atoms with Crippen molar-refractivity contribution in [2.24, 2.45) is 0 Å². The summed E-state index contributed by atoms with van der Waals surface area (Å²) in [6.07, 6.45) is 5.08. The molecule has 1 aromatic heterocycles. The molecular formula is C20H26N4O2S. The lowest BCUT2D eigenvalue weighted by molar-refractivity contribution is 0.0410. The van der Waals surface area contributed by atoms with Crippen molar-refractivity contribution in [3.8, 4) is 0 Å². The molecule has 3 aliphatic rings. The Morgan fingerprint density at radius 2 is 2.07 bits per heavy atom. The van der Waals surface area contributed by atoms with Gasteiger partial charge in [0.1, 0.15) is 5.69 Å². The quantitative estimate of drug-likeness (QED) is 0.878. The van der Waals surface area contributed by atoms with Gasteiger partial charge in [-0.25, -0.2) is 0 Å². The predicted octanol–water partition coefficient (Wildman–Crippen LogP) is 2.49. The maximum atomic E-state index is 12.9. The number of amides is 1. The molecule has 7 heteroatoms. The van der Waals surface area contributed by atoms with E-state index >= 15 is 0 Å². The first kappa shape index (κ1) is 17.4. The number of carbonyl (C=O) groups excluding carboxylic acids is 1. The maximum Gasteiger partial charge on any atom is 0.271 e. The average molecular weight is 387 g/mol. The monoisotopic (exact) mass is 386 g/mol. The van der Waals surface area contributed by atoms with Crippen molar-refractivity contribution in [1.82, 2.24) is 14.6 Å². The Kier molecular flexibility index (Phi) is 4.75. The summed E-state index contributed by atoms with van der Waals surface area (Å²) in [7, 11) is 0. The number of morpholine rings is 1. The second-order valence-electron chi connectivity index (χ2n) is 7.80. The van der Waals surface area contributed by atoms with Gasteiger partial charge in [-0.2, -0.15) is 4.37 Å². The fourth-order valence-corrected chi connectivity index (χ4v) is 5.41. The molecule has 1 aromatic carbocycles. The van der Waals surface area contributed by atoms with Crippen LogP contribution in [0.4, 0.5) is 5.69 Å². The fraction of sp³-hybridized carbons (Fsp3) is 0.600. The molecule has 1 amide bonds. The molecule has 1 unspecified atom stereocenters. The number of benzene rings is 1. The Labute approximate surface area is 163 Å². The van der Waals surface area contributed by atoms with Crippen LogP contribution in [0.5, 0.6) is 0 Å². The third-order valence-electron chi connectivity index (χ3n) is 6.17. The summed E-state index contributed by atoms with van der Waals surface area (Å²) in [5.41, 5.74) is 1.77. The van der Waals surface area contributed by atoms with Crippen LogP contribution >= 0.6 is 11.5 Å². The van der Waals surface area contributed by atoms with Crippen molar-refractivity contribution in [1.29, 1.82) is 0 Å². The van der Waals surface area contributed by atoms with E-state index in [9.17, 15) is 4.79 Å². The van der Waals surface area contributed by atoms with Crippen LogP contribution in [-0.2, 0) is 4.74 Å². The van der Waals surface area contributed by atoms with Gasteiger partial charge in [0.05, 0.1) is 24.0 Å². The zero-order chi connectivity index (χ0) is 18.2. The first-order chi connectivity index (χ1) is 13.3. The van der Waals surface area contributed by atoms with Crippen LogP contribution in [0.1, 0.15) is 36.2 Å². The minimum atomic E-state index is -0.0192. The van der Waals surface area contributed by atoms with Crippen molar-refractivity contribution in [3.63, 3.8) is 0 Å². The van der Waals surface area contributed by atoms with Crippen LogP contribution in [-0.4, -0.2) is 66.7 Å². The summed E-state index contributed by atoms with van der Waals surface area (Å²) >= 11 is 1.42. The van der Waals surface area contributed by atoms with Gasteiger partial charge in [-0.3, -0.25) is 9.69 Å². The second kappa shape index (κ2) is 7.37.